The van der Waals surface area contributed by atoms with E-state index in [2.05, 4.69) is 43.6 Å². The summed E-state index contributed by atoms with van der Waals surface area (Å²) in [6, 6.07) is 13.6. The molecule has 112 heavy (non-hydrogen) atoms. The van der Waals surface area contributed by atoms with Crippen LogP contribution in [-0.4, -0.2) is 194 Å². The number of aromatic hydroxyl groups is 3. The third kappa shape index (κ3) is 17.5. The van der Waals surface area contributed by atoms with Crippen molar-refractivity contribution in [2.45, 2.75) is 246 Å². The molecular weight excluding hydrogens is 1460 g/mol. The van der Waals surface area contributed by atoms with Crippen LogP contribution >= 0.6 is 0 Å². The van der Waals surface area contributed by atoms with Crippen LogP contribution in [0, 0.1) is 50.2 Å². The van der Waals surface area contributed by atoms with E-state index in [0.29, 0.717) is 55.2 Å². The van der Waals surface area contributed by atoms with Crippen LogP contribution in [0.1, 0.15) is 158 Å². The lowest BCUT2D eigenvalue weighted by Crippen LogP contribution is -2.70. The first kappa shape index (κ1) is 84.9. The Labute approximate surface area is 650 Å². The lowest BCUT2D eigenvalue weighted by atomic mass is 9.33. The van der Waals surface area contributed by atoms with Gasteiger partial charge in [-0.2, -0.15) is 0 Å². The van der Waals surface area contributed by atoms with Gasteiger partial charge in [-0.3, -0.25) is 43.2 Å². The molecule has 7 unspecified atom stereocenters. The Morgan fingerprint density at radius 3 is 1.29 bits per heavy atom. The van der Waals surface area contributed by atoms with Crippen molar-refractivity contribution in [3.8, 4) is 17.2 Å². The van der Waals surface area contributed by atoms with Gasteiger partial charge in [-0.15, -0.1) is 0 Å². The number of hydrogen-bond donors (Lipinski definition) is 6. The number of esters is 8. The number of hydrogen-bond acceptors (Lipinski definition) is 27. The normalized spacial score (nSPS) is 33.1. The van der Waals surface area contributed by atoms with E-state index in [1.165, 1.54) is 67.8 Å². The number of phenols is 3. The maximum Gasteiger partial charge on any atom is 0.328 e. The number of amides is 3. The quantitative estimate of drug-likeness (QED) is 0.0310. The van der Waals surface area contributed by atoms with Crippen LogP contribution in [-0.2, 0) is 134 Å². The maximum atomic E-state index is 15.9. The smallest absolute Gasteiger partial charge is 0.328 e. The fourth-order valence-corrected chi connectivity index (χ4v) is 19.4. The van der Waals surface area contributed by atoms with Crippen molar-refractivity contribution in [2.75, 3.05) is 21.3 Å². The molecule has 10 rings (SSSR count). The predicted molar refractivity (Wildman–Crippen MR) is 392 cm³/mol. The summed E-state index contributed by atoms with van der Waals surface area (Å²) in [6.45, 7) is 19.5. The first-order valence-corrected chi connectivity index (χ1v) is 37.9. The third-order valence-electron chi connectivity index (χ3n) is 25.2. The van der Waals surface area contributed by atoms with Crippen LogP contribution in [0.15, 0.2) is 84.4 Å². The molecule has 2 saturated heterocycles. The van der Waals surface area contributed by atoms with E-state index in [4.69, 9.17) is 56.8 Å². The van der Waals surface area contributed by atoms with Crippen LogP contribution in [0.3, 0.4) is 0 Å². The average molecular weight is 1560 g/mol. The molecule has 2 aliphatic heterocycles. The van der Waals surface area contributed by atoms with E-state index in [9.17, 15) is 58.5 Å². The highest BCUT2D eigenvalue weighted by Gasteiger charge is 2.71. The minimum absolute atomic E-state index is 0.0499. The summed E-state index contributed by atoms with van der Waals surface area (Å²) in [5, 5.41) is 38.4. The standard InChI is InChI=1S/C82H105N3O27/c1-41(86)104-60-62(106-43(3)88)66(108-45(5)90)75(111-65(60)70(96)84-55(72(98)102-14)37-47-18-24-50(92)25-19-47)112-67-63(107-44(4)89)61(105-42(2)87)64(69(95)83-54(71(97)101-13)36-46-16-22-49(91)23-17-46)110-74(67)109-59-29-30-80(10)58(77(59,6)7)28-31-82(12)68(80)57(94)39-52-53-40-79(9,33-32-78(53,8)34-35-81(52,82)11)76(100)85-56(73(99)103-15)38-48-20-26-51(93)27-21-48/h16-27,39,53-56,58-68,74-75,91-93H,28-38,40H2,1-15H3,(H,83,95)(H,84,96)(H,85,100)/t53?,54?,55?,56?,58?,59?,60-,61-,62-,63-,64-,65-,66+,67+,68?,74+,75-,78+,79-,80-,81+,82+/m0/s1. The maximum absolute atomic E-state index is 15.9. The van der Waals surface area contributed by atoms with Crippen molar-refractivity contribution < 1.29 is 130 Å². The first-order chi connectivity index (χ1) is 52.6. The lowest BCUT2D eigenvalue weighted by Gasteiger charge is -2.70. The van der Waals surface area contributed by atoms with Gasteiger partial charge in [0.05, 0.1) is 27.4 Å². The second kappa shape index (κ2) is 33.7. The molecule has 3 aromatic carbocycles. The number of carbonyl (C=O) groups excluding carboxylic acids is 12. The number of ketones is 1. The highest BCUT2D eigenvalue weighted by molar-refractivity contribution is 5.96. The molecule has 0 spiro atoms. The molecule has 4 saturated carbocycles. The third-order valence-corrected chi connectivity index (χ3v) is 25.2. The van der Waals surface area contributed by atoms with Crippen LogP contribution in [0.5, 0.6) is 17.2 Å². The van der Waals surface area contributed by atoms with Gasteiger partial charge in [-0.05, 0) is 156 Å². The van der Waals surface area contributed by atoms with Gasteiger partial charge in [-0.25, -0.2) is 14.4 Å². The molecule has 0 radical (unpaired) electrons. The van der Waals surface area contributed by atoms with E-state index < -0.39 is 178 Å². The zero-order chi connectivity index (χ0) is 82.1. The zero-order valence-corrected chi connectivity index (χ0v) is 65.9. The van der Waals surface area contributed by atoms with E-state index in [-0.39, 0.29) is 71.9 Å². The second-order valence-corrected chi connectivity index (χ2v) is 32.9. The van der Waals surface area contributed by atoms with E-state index >= 15 is 14.4 Å². The SMILES string of the molecule is COC(=O)C(Cc1ccc(O)cc1)NC(=O)[C@H]1O[C@@H](O[C@H]2[C@H](OC3CC[C@@]4(C)C(CC[C@]5(C)C4C(=O)C=C4C6C[C@@](C)(C(=O)NC(Cc7ccc(O)cc7)C(=O)OC)CC[C@]6(C)CC[C@]45C)C3(C)C)O[C@H](C(=O)NC(Cc3ccc(O)cc3)C(=O)OC)[C@@H](OC(C)=O)[C@@H]2OC(C)=O)[C@H](OC(C)=O)[C@@H](OC(C)=O)[C@@H]1OC(C)=O. The number of methoxy groups -OCH3 is 3. The van der Waals surface area contributed by atoms with Gasteiger partial charge in [0.25, 0.3) is 11.8 Å². The molecule has 30 heteroatoms. The molecule has 2 heterocycles. The number of allylic oxidation sites excluding steroid dienone is 2. The number of carbonyl (C=O) groups is 12. The lowest BCUT2D eigenvalue weighted by molar-refractivity contribution is -0.370. The summed E-state index contributed by atoms with van der Waals surface area (Å²) in [4.78, 5) is 169. The summed E-state index contributed by atoms with van der Waals surface area (Å²) in [5.41, 5.74) is -1.67. The summed E-state index contributed by atoms with van der Waals surface area (Å²) in [6.07, 6.45) is -15.7. The molecule has 3 amide bonds. The molecule has 6 N–H and O–H groups in total. The number of ether oxygens (including phenoxy) is 12. The minimum Gasteiger partial charge on any atom is -0.508 e. The Bertz CT molecular complexity index is 4110. The average Bonchev–Trinajstić information content (AvgIpc) is 0.671. The highest BCUT2D eigenvalue weighted by Crippen LogP contribution is 2.75. The van der Waals surface area contributed by atoms with Crippen molar-refractivity contribution in [2.24, 2.45) is 50.2 Å². The van der Waals surface area contributed by atoms with Gasteiger partial charge in [0.2, 0.25) is 5.91 Å². The van der Waals surface area contributed by atoms with Crippen molar-refractivity contribution in [3.05, 3.63) is 101 Å². The fourth-order valence-electron chi connectivity index (χ4n) is 19.4. The van der Waals surface area contributed by atoms with Gasteiger partial charge < -0.3 is 88.1 Å². The molecular formula is C82H105N3O27. The van der Waals surface area contributed by atoms with Crippen LogP contribution in [0.4, 0.5) is 0 Å². The fraction of sp³-hybridized carbons (Fsp3) is 0.610. The molecule has 610 valence electrons. The highest BCUT2D eigenvalue weighted by atomic mass is 16.8. The van der Waals surface area contributed by atoms with Gasteiger partial charge in [-0.1, -0.05) is 90.4 Å². The zero-order valence-electron chi connectivity index (χ0n) is 65.9. The van der Waals surface area contributed by atoms with Gasteiger partial charge >= 0.3 is 47.8 Å². The summed E-state index contributed by atoms with van der Waals surface area (Å²) in [7, 11) is 3.40. The Hall–Kier alpha value is -9.52. The number of fused-ring (bicyclic) bond motifs is 7. The van der Waals surface area contributed by atoms with E-state index in [0.717, 1.165) is 67.3 Å². The van der Waals surface area contributed by atoms with Crippen LogP contribution in [0.2, 0.25) is 0 Å². The number of benzene rings is 3. The molecule has 22 atom stereocenters. The van der Waals surface area contributed by atoms with Crippen molar-refractivity contribution in [3.63, 3.8) is 0 Å². The first-order valence-electron chi connectivity index (χ1n) is 37.9. The molecule has 3 aromatic rings. The largest absolute Gasteiger partial charge is 0.508 e. The van der Waals surface area contributed by atoms with Gasteiger partial charge in [0, 0.05) is 65.2 Å². The van der Waals surface area contributed by atoms with E-state index in [1.807, 2.05) is 26.8 Å². The van der Waals surface area contributed by atoms with Crippen molar-refractivity contribution >= 4 is 71.3 Å². The molecule has 5 aliphatic carbocycles. The van der Waals surface area contributed by atoms with Crippen molar-refractivity contribution in [1.29, 1.82) is 0 Å². The Morgan fingerprint density at radius 1 is 0.473 bits per heavy atom. The molecule has 30 nitrogen and oxygen atoms in total. The number of phenolic OH excluding ortho intramolecular Hbond substituents is 3. The minimum atomic E-state index is -2.27. The number of nitrogens with one attached hydrogen (secondary N) is 3. The molecule has 7 aliphatic rings. The Kier molecular flexibility index (Phi) is 25.5. The summed E-state index contributed by atoms with van der Waals surface area (Å²) < 4.78 is 72.3. The molecule has 0 bridgehead atoms. The summed E-state index contributed by atoms with van der Waals surface area (Å²) >= 11 is 0. The Balaban J connectivity index is 1.03. The topological polar surface area (TPSA) is 412 Å². The second-order valence-electron chi connectivity index (χ2n) is 32.9. The van der Waals surface area contributed by atoms with Crippen LogP contribution in [0.25, 0.3) is 0 Å². The predicted octanol–water partition coefficient (Wildman–Crippen LogP) is 6.66. The van der Waals surface area contributed by atoms with Crippen LogP contribution < -0.4 is 16.0 Å². The summed E-state index contributed by atoms with van der Waals surface area (Å²) in [5.74, 6) is -12.0. The molecule has 0 aromatic heterocycles. The Morgan fingerprint density at radius 2 is 0.866 bits per heavy atom. The molecule has 6 fully saturated rings. The van der Waals surface area contributed by atoms with Gasteiger partial charge in [0.1, 0.15) is 35.4 Å². The van der Waals surface area contributed by atoms with Crippen molar-refractivity contribution in [1.82, 2.24) is 16.0 Å². The van der Waals surface area contributed by atoms with E-state index in [1.54, 1.807) is 12.1 Å². The number of rotatable bonds is 24. The van der Waals surface area contributed by atoms with Gasteiger partial charge in [0.15, 0.2) is 67.2 Å². The monoisotopic (exact) mass is 1560 g/mol.